The molecule has 0 radical (unpaired) electrons. The van der Waals surface area contributed by atoms with Crippen LogP contribution in [0.1, 0.15) is 72.6 Å². The normalized spacial score (nSPS) is 25.5. The molecule has 2 fully saturated rings. The molecule has 0 heteroatoms. The molecule has 0 atom stereocenters. The van der Waals surface area contributed by atoms with E-state index in [1.54, 1.807) is 25.7 Å². The molecule has 0 bridgehead atoms. The van der Waals surface area contributed by atoms with Gasteiger partial charge in [-0.3, -0.25) is 0 Å². The largest absolute Gasteiger partial charge is 0.0683 e. The van der Waals surface area contributed by atoms with Crippen LogP contribution in [0.2, 0.25) is 0 Å². The third kappa shape index (κ3) is 2.52. The topological polar surface area (TPSA) is 0 Å². The van der Waals surface area contributed by atoms with Crippen LogP contribution >= 0.6 is 0 Å². The van der Waals surface area contributed by atoms with E-state index in [9.17, 15) is 0 Å². The highest BCUT2D eigenvalue weighted by Gasteiger charge is 2.44. The van der Waals surface area contributed by atoms with E-state index in [1.807, 2.05) is 13.8 Å². The summed E-state index contributed by atoms with van der Waals surface area (Å²) in [5, 5.41) is 0. The fourth-order valence-corrected chi connectivity index (χ4v) is 3.23. The van der Waals surface area contributed by atoms with Crippen LogP contribution in [0.3, 0.4) is 0 Å². The zero-order valence-electron chi connectivity index (χ0n) is 10.6. The van der Waals surface area contributed by atoms with Crippen molar-refractivity contribution in [2.45, 2.75) is 72.6 Å². The highest BCUT2D eigenvalue weighted by atomic mass is 14.5. The second-order valence-corrected chi connectivity index (χ2v) is 5.47. The maximum atomic E-state index is 2.39. The van der Waals surface area contributed by atoms with Gasteiger partial charge < -0.3 is 0 Å². The fourth-order valence-electron chi connectivity index (χ4n) is 3.23. The van der Waals surface area contributed by atoms with Crippen LogP contribution in [0.4, 0.5) is 0 Å². The van der Waals surface area contributed by atoms with Gasteiger partial charge in [-0.2, -0.15) is 0 Å². The quantitative estimate of drug-likeness (QED) is 0.552. The predicted molar refractivity (Wildman–Crippen MR) is 64.4 cm³/mol. The van der Waals surface area contributed by atoms with Crippen molar-refractivity contribution in [3.05, 3.63) is 0 Å². The van der Waals surface area contributed by atoms with E-state index in [2.05, 4.69) is 13.8 Å². The van der Waals surface area contributed by atoms with E-state index in [0.29, 0.717) is 0 Å². The first-order valence-electron chi connectivity index (χ1n) is 6.72. The summed E-state index contributed by atoms with van der Waals surface area (Å²) < 4.78 is 0. The molecule has 2 saturated carbocycles. The Kier molecular flexibility index (Phi) is 4.47. The molecule has 0 heterocycles. The van der Waals surface area contributed by atoms with E-state index < -0.39 is 0 Å². The Morgan fingerprint density at radius 3 is 1.86 bits per heavy atom. The van der Waals surface area contributed by atoms with Crippen LogP contribution in [0.25, 0.3) is 0 Å². The van der Waals surface area contributed by atoms with Crippen LogP contribution in [-0.2, 0) is 0 Å². The summed E-state index contributed by atoms with van der Waals surface area (Å²) in [6, 6.07) is 0. The minimum Gasteiger partial charge on any atom is -0.0683 e. The predicted octanol–water partition coefficient (Wildman–Crippen LogP) is 5.03. The molecule has 0 N–H and O–H groups in total. The van der Waals surface area contributed by atoms with Gasteiger partial charge in [0.1, 0.15) is 0 Å². The molecule has 0 aromatic heterocycles. The molecule has 1 spiro atoms. The summed E-state index contributed by atoms with van der Waals surface area (Å²) in [6.07, 6.45) is 10.8. The van der Waals surface area contributed by atoms with Crippen molar-refractivity contribution in [3.63, 3.8) is 0 Å². The van der Waals surface area contributed by atoms with Gasteiger partial charge in [-0.05, 0) is 42.9 Å². The smallest absolute Gasteiger partial charge is 0.0292 e. The molecule has 0 nitrogen and oxygen atoms in total. The molecule has 0 saturated heterocycles. The van der Waals surface area contributed by atoms with Crippen molar-refractivity contribution < 1.29 is 0 Å². The highest BCUT2D eigenvalue weighted by molar-refractivity contribution is 4.95. The van der Waals surface area contributed by atoms with Gasteiger partial charge in [0.05, 0.1) is 0 Å². The summed E-state index contributed by atoms with van der Waals surface area (Å²) >= 11 is 0. The molecule has 14 heavy (non-hydrogen) atoms. The first-order valence-corrected chi connectivity index (χ1v) is 6.72. The zero-order chi connectivity index (χ0) is 10.6. The number of rotatable bonds is 1. The van der Waals surface area contributed by atoms with Crippen LogP contribution in [0.15, 0.2) is 0 Å². The summed E-state index contributed by atoms with van der Waals surface area (Å²) in [5.74, 6) is 2.01. The lowest BCUT2D eigenvalue weighted by Gasteiger charge is -2.52. The fraction of sp³-hybridized carbons (Fsp3) is 1.00. The zero-order valence-corrected chi connectivity index (χ0v) is 10.6. The molecule has 84 valence electrons. The molecule has 0 aromatic carbocycles. The number of hydrogen-bond donors (Lipinski definition) is 0. The van der Waals surface area contributed by atoms with E-state index in [-0.39, 0.29) is 0 Å². The van der Waals surface area contributed by atoms with E-state index in [4.69, 9.17) is 0 Å². The van der Waals surface area contributed by atoms with Crippen LogP contribution in [-0.4, -0.2) is 0 Å². The first-order chi connectivity index (χ1) is 6.72. The van der Waals surface area contributed by atoms with Crippen LogP contribution in [0, 0.1) is 17.3 Å². The minimum atomic E-state index is 0.854. The summed E-state index contributed by atoms with van der Waals surface area (Å²) in [6.45, 7) is 8.78. The Morgan fingerprint density at radius 2 is 1.43 bits per heavy atom. The molecule has 0 aliphatic heterocycles. The summed E-state index contributed by atoms with van der Waals surface area (Å²) in [7, 11) is 0. The van der Waals surface area contributed by atoms with E-state index in [1.165, 1.54) is 19.3 Å². The molecule has 0 amide bonds. The van der Waals surface area contributed by atoms with E-state index in [0.717, 1.165) is 17.3 Å². The number of hydrogen-bond acceptors (Lipinski definition) is 0. The van der Waals surface area contributed by atoms with Gasteiger partial charge in [0.15, 0.2) is 0 Å². The van der Waals surface area contributed by atoms with Gasteiger partial charge in [0, 0.05) is 0 Å². The average Bonchev–Trinajstić information content (AvgIpc) is 2.18. The van der Waals surface area contributed by atoms with Crippen molar-refractivity contribution in [3.8, 4) is 0 Å². The Bertz CT molecular complexity index is 143. The standard InChI is InChI=1S/C12H22.C2H6/c1-10(2)11-8-12(9-11)6-4-3-5-7-12;1-2/h10-11H,3-9H2,1-2H3;1-2H3. The van der Waals surface area contributed by atoms with Crippen LogP contribution < -0.4 is 0 Å². The lowest BCUT2D eigenvalue weighted by atomic mass is 9.53. The first kappa shape index (κ1) is 12.1. The van der Waals surface area contributed by atoms with Crippen molar-refractivity contribution in [1.82, 2.24) is 0 Å². The van der Waals surface area contributed by atoms with Gasteiger partial charge in [0.25, 0.3) is 0 Å². The monoisotopic (exact) mass is 196 g/mol. The van der Waals surface area contributed by atoms with Gasteiger partial charge in [-0.1, -0.05) is 47.0 Å². The Morgan fingerprint density at radius 1 is 0.929 bits per heavy atom. The Hall–Kier alpha value is 0. The van der Waals surface area contributed by atoms with Crippen LogP contribution in [0.5, 0.6) is 0 Å². The molecular formula is C14H28. The SMILES string of the molecule is CC.CC(C)C1CC2(CCCCC2)C1. The second-order valence-electron chi connectivity index (χ2n) is 5.47. The molecule has 2 aliphatic carbocycles. The molecule has 0 aromatic rings. The Balaban J connectivity index is 0.000000461. The Labute approximate surface area is 90.5 Å². The summed E-state index contributed by atoms with van der Waals surface area (Å²) in [5.41, 5.74) is 0.854. The van der Waals surface area contributed by atoms with Gasteiger partial charge >= 0.3 is 0 Å². The molecule has 0 unspecified atom stereocenters. The van der Waals surface area contributed by atoms with Gasteiger partial charge in [0.2, 0.25) is 0 Å². The van der Waals surface area contributed by atoms with Crippen molar-refractivity contribution in [2.75, 3.05) is 0 Å². The average molecular weight is 196 g/mol. The van der Waals surface area contributed by atoms with Crippen molar-refractivity contribution >= 4 is 0 Å². The second kappa shape index (κ2) is 5.19. The molecular weight excluding hydrogens is 168 g/mol. The van der Waals surface area contributed by atoms with Gasteiger partial charge in [-0.15, -0.1) is 0 Å². The molecule has 2 aliphatic rings. The minimum absolute atomic E-state index is 0.854. The third-order valence-corrected chi connectivity index (χ3v) is 4.25. The third-order valence-electron chi connectivity index (χ3n) is 4.25. The maximum Gasteiger partial charge on any atom is -0.0292 e. The molecule has 2 rings (SSSR count). The van der Waals surface area contributed by atoms with Gasteiger partial charge in [-0.25, -0.2) is 0 Å². The van der Waals surface area contributed by atoms with Crippen molar-refractivity contribution in [1.29, 1.82) is 0 Å². The summed E-state index contributed by atoms with van der Waals surface area (Å²) in [4.78, 5) is 0. The van der Waals surface area contributed by atoms with Crippen molar-refractivity contribution in [2.24, 2.45) is 17.3 Å². The maximum absolute atomic E-state index is 2.39. The highest BCUT2D eigenvalue weighted by Crippen LogP contribution is 2.56. The lowest BCUT2D eigenvalue weighted by molar-refractivity contribution is -0.00787. The lowest BCUT2D eigenvalue weighted by Crippen LogP contribution is -2.40. The van der Waals surface area contributed by atoms with E-state index >= 15 is 0 Å².